The number of aromatic nitrogens is 2. The fourth-order valence-electron chi connectivity index (χ4n) is 2.00. The average molecular weight is 255 g/mol. The molecule has 0 atom stereocenters. The average Bonchev–Trinajstić information content (AvgIpc) is 2.31. The summed E-state index contributed by atoms with van der Waals surface area (Å²) < 4.78 is 0. The van der Waals surface area contributed by atoms with Gasteiger partial charge in [-0.3, -0.25) is 4.79 Å². The lowest BCUT2D eigenvalue weighted by atomic mass is 10.1. The maximum atomic E-state index is 12.2. The molecule has 1 N–H and O–H groups in total. The van der Waals surface area contributed by atoms with Crippen LogP contribution in [0.25, 0.3) is 0 Å². The van der Waals surface area contributed by atoms with Crippen LogP contribution < -0.4 is 5.32 Å². The molecule has 19 heavy (non-hydrogen) atoms. The van der Waals surface area contributed by atoms with Gasteiger partial charge in [0.1, 0.15) is 12.0 Å². The van der Waals surface area contributed by atoms with Crippen molar-refractivity contribution >= 4 is 11.6 Å². The number of hydrogen-bond donors (Lipinski definition) is 1. The van der Waals surface area contributed by atoms with Gasteiger partial charge in [0.25, 0.3) is 5.91 Å². The minimum atomic E-state index is -0.201. The summed E-state index contributed by atoms with van der Waals surface area (Å²) in [5.41, 5.74) is 5.08. The van der Waals surface area contributed by atoms with Gasteiger partial charge in [0.15, 0.2) is 0 Å². The number of nitrogens with one attached hydrogen (secondary N) is 1. The number of hydrogen-bond acceptors (Lipinski definition) is 3. The Bertz CT molecular complexity index is 615. The fourth-order valence-corrected chi connectivity index (χ4v) is 2.00. The van der Waals surface area contributed by atoms with E-state index in [2.05, 4.69) is 21.4 Å². The monoisotopic (exact) mass is 255 g/mol. The zero-order chi connectivity index (χ0) is 14.0. The van der Waals surface area contributed by atoms with Crippen LogP contribution in [0.2, 0.25) is 0 Å². The standard InChI is InChI=1S/C15H17N3O/c1-9-5-10(2)7-13(6-9)18-15(19)14-11(3)12(4)16-8-17-14/h5-8H,1-4H3,(H,18,19). The first-order valence-corrected chi connectivity index (χ1v) is 6.15. The Morgan fingerprint density at radius 2 is 1.63 bits per heavy atom. The molecule has 4 nitrogen and oxygen atoms in total. The summed E-state index contributed by atoms with van der Waals surface area (Å²) in [6.07, 6.45) is 1.42. The molecule has 0 radical (unpaired) electrons. The number of rotatable bonds is 2. The third kappa shape index (κ3) is 2.96. The second-order valence-corrected chi connectivity index (χ2v) is 4.76. The molecule has 0 unspecified atom stereocenters. The number of carbonyl (C=O) groups is 1. The van der Waals surface area contributed by atoms with Gasteiger partial charge >= 0.3 is 0 Å². The van der Waals surface area contributed by atoms with Gasteiger partial charge in [-0.2, -0.15) is 0 Å². The second-order valence-electron chi connectivity index (χ2n) is 4.76. The predicted octanol–water partition coefficient (Wildman–Crippen LogP) is 2.96. The molecule has 0 aliphatic carbocycles. The number of anilines is 1. The van der Waals surface area contributed by atoms with Gasteiger partial charge in [-0.1, -0.05) is 6.07 Å². The number of carbonyl (C=O) groups excluding carboxylic acids is 1. The highest BCUT2D eigenvalue weighted by Crippen LogP contribution is 2.15. The lowest BCUT2D eigenvalue weighted by Gasteiger charge is -2.09. The number of aryl methyl sites for hydroxylation is 3. The Labute approximate surface area is 112 Å². The maximum absolute atomic E-state index is 12.2. The zero-order valence-electron chi connectivity index (χ0n) is 11.6. The van der Waals surface area contributed by atoms with Crippen LogP contribution in [0.4, 0.5) is 5.69 Å². The van der Waals surface area contributed by atoms with Gasteiger partial charge in [0, 0.05) is 16.9 Å². The van der Waals surface area contributed by atoms with Crippen molar-refractivity contribution in [2.75, 3.05) is 5.32 Å². The Kier molecular flexibility index (Phi) is 3.60. The Morgan fingerprint density at radius 3 is 2.26 bits per heavy atom. The number of amides is 1. The fraction of sp³-hybridized carbons (Fsp3) is 0.267. The van der Waals surface area contributed by atoms with Crippen molar-refractivity contribution in [1.82, 2.24) is 9.97 Å². The molecule has 2 aromatic rings. The molecule has 4 heteroatoms. The second kappa shape index (κ2) is 5.18. The van der Waals surface area contributed by atoms with Crippen molar-refractivity contribution in [3.05, 3.63) is 52.6 Å². The first-order chi connectivity index (χ1) is 8.97. The van der Waals surface area contributed by atoms with Crippen molar-refractivity contribution in [3.8, 4) is 0 Å². The van der Waals surface area contributed by atoms with E-state index in [1.165, 1.54) is 6.33 Å². The summed E-state index contributed by atoms with van der Waals surface area (Å²) in [6.45, 7) is 7.72. The minimum Gasteiger partial charge on any atom is -0.321 e. The van der Waals surface area contributed by atoms with E-state index in [0.717, 1.165) is 28.1 Å². The summed E-state index contributed by atoms with van der Waals surface area (Å²) in [4.78, 5) is 20.3. The van der Waals surface area contributed by atoms with Crippen LogP contribution in [0.15, 0.2) is 24.5 Å². The molecule has 0 aliphatic heterocycles. The molecule has 1 aromatic heterocycles. The molecule has 2 rings (SSSR count). The van der Waals surface area contributed by atoms with E-state index in [9.17, 15) is 4.79 Å². The van der Waals surface area contributed by atoms with Gasteiger partial charge in [-0.05, 0) is 51.0 Å². The molecular weight excluding hydrogens is 238 g/mol. The number of nitrogens with zero attached hydrogens (tertiary/aromatic N) is 2. The van der Waals surface area contributed by atoms with Gasteiger partial charge in [0.2, 0.25) is 0 Å². The molecule has 1 heterocycles. The van der Waals surface area contributed by atoms with E-state index in [1.54, 1.807) is 0 Å². The molecule has 1 amide bonds. The summed E-state index contributed by atoms with van der Waals surface area (Å²) in [7, 11) is 0. The molecule has 0 saturated carbocycles. The van der Waals surface area contributed by atoms with Gasteiger partial charge in [0.05, 0.1) is 0 Å². The van der Waals surface area contributed by atoms with E-state index in [1.807, 2.05) is 39.8 Å². The smallest absolute Gasteiger partial charge is 0.274 e. The van der Waals surface area contributed by atoms with Crippen LogP contribution in [0.3, 0.4) is 0 Å². The predicted molar refractivity (Wildman–Crippen MR) is 75.4 cm³/mol. The largest absolute Gasteiger partial charge is 0.321 e. The molecule has 0 aliphatic rings. The van der Waals surface area contributed by atoms with Crippen molar-refractivity contribution in [3.63, 3.8) is 0 Å². The normalized spacial score (nSPS) is 10.3. The third-order valence-electron chi connectivity index (χ3n) is 3.03. The summed E-state index contributed by atoms with van der Waals surface area (Å²) in [5.74, 6) is -0.201. The summed E-state index contributed by atoms with van der Waals surface area (Å²) >= 11 is 0. The Morgan fingerprint density at radius 1 is 1.00 bits per heavy atom. The lowest BCUT2D eigenvalue weighted by Crippen LogP contribution is -2.16. The summed E-state index contributed by atoms with van der Waals surface area (Å²) in [6, 6.07) is 5.94. The van der Waals surface area contributed by atoms with E-state index < -0.39 is 0 Å². The zero-order valence-corrected chi connectivity index (χ0v) is 11.6. The quantitative estimate of drug-likeness (QED) is 0.897. The van der Waals surface area contributed by atoms with E-state index in [4.69, 9.17) is 0 Å². The minimum absolute atomic E-state index is 0.201. The van der Waals surface area contributed by atoms with Crippen LogP contribution in [0, 0.1) is 27.7 Å². The van der Waals surface area contributed by atoms with Crippen LogP contribution in [0.1, 0.15) is 32.9 Å². The van der Waals surface area contributed by atoms with Crippen molar-refractivity contribution in [2.24, 2.45) is 0 Å². The van der Waals surface area contributed by atoms with Crippen LogP contribution in [-0.4, -0.2) is 15.9 Å². The lowest BCUT2D eigenvalue weighted by molar-refractivity contribution is 0.102. The highest BCUT2D eigenvalue weighted by atomic mass is 16.1. The molecular formula is C15H17N3O. The SMILES string of the molecule is Cc1cc(C)cc(NC(=O)c2ncnc(C)c2C)c1. The van der Waals surface area contributed by atoms with E-state index in [0.29, 0.717) is 5.69 Å². The first kappa shape index (κ1) is 13.2. The highest BCUT2D eigenvalue weighted by molar-refractivity contribution is 6.03. The molecule has 98 valence electrons. The molecule has 1 aromatic carbocycles. The topological polar surface area (TPSA) is 54.9 Å². The number of benzene rings is 1. The van der Waals surface area contributed by atoms with Crippen LogP contribution in [-0.2, 0) is 0 Å². The van der Waals surface area contributed by atoms with Gasteiger partial charge < -0.3 is 5.32 Å². The molecule has 0 fully saturated rings. The summed E-state index contributed by atoms with van der Waals surface area (Å²) in [5, 5.41) is 2.88. The van der Waals surface area contributed by atoms with Crippen molar-refractivity contribution in [1.29, 1.82) is 0 Å². The van der Waals surface area contributed by atoms with Crippen molar-refractivity contribution in [2.45, 2.75) is 27.7 Å². The molecule has 0 saturated heterocycles. The van der Waals surface area contributed by atoms with E-state index in [-0.39, 0.29) is 5.91 Å². The Balaban J connectivity index is 2.28. The van der Waals surface area contributed by atoms with Crippen LogP contribution in [0.5, 0.6) is 0 Å². The maximum Gasteiger partial charge on any atom is 0.274 e. The van der Waals surface area contributed by atoms with E-state index >= 15 is 0 Å². The third-order valence-corrected chi connectivity index (χ3v) is 3.03. The molecule has 0 spiro atoms. The van der Waals surface area contributed by atoms with Crippen LogP contribution >= 0.6 is 0 Å². The highest BCUT2D eigenvalue weighted by Gasteiger charge is 2.13. The Hall–Kier alpha value is -2.23. The molecule has 0 bridgehead atoms. The van der Waals surface area contributed by atoms with Crippen molar-refractivity contribution < 1.29 is 4.79 Å². The van der Waals surface area contributed by atoms with Gasteiger partial charge in [-0.25, -0.2) is 9.97 Å². The van der Waals surface area contributed by atoms with Gasteiger partial charge in [-0.15, -0.1) is 0 Å². The first-order valence-electron chi connectivity index (χ1n) is 6.15.